The zero-order valence-corrected chi connectivity index (χ0v) is 21.5. The number of anilines is 1. The number of ether oxygens (including phenoxy) is 1. The summed E-state index contributed by atoms with van der Waals surface area (Å²) in [6.07, 6.45) is 1.75. The summed E-state index contributed by atoms with van der Waals surface area (Å²) >= 11 is 0. The number of allylic oxidation sites excluding steroid dienone is 2. The zero-order valence-electron chi connectivity index (χ0n) is 21.5. The molecule has 4 rings (SSSR count). The Balaban J connectivity index is 0.000000597. The highest BCUT2D eigenvalue weighted by Crippen LogP contribution is 2.32. The minimum absolute atomic E-state index is 0.143. The third kappa shape index (κ3) is 9.12. The molecule has 35 heavy (non-hydrogen) atoms. The molecular formula is C28H36FN3O3. The molecule has 2 aromatic carbocycles. The number of nitrogens with zero attached hydrogens (tertiary/aromatic N) is 2. The van der Waals surface area contributed by atoms with Crippen molar-refractivity contribution in [2.24, 2.45) is 0 Å². The van der Waals surface area contributed by atoms with Crippen LogP contribution in [0.4, 0.5) is 10.1 Å². The van der Waals surface area contributed by atoms with E-state index in [1.165, 1.54) is 24.6 Å². The maximum atomic E-state index is 13.2. The average Bonchev–Trinajstić information content (AvgIpc) is 3.09. The Bertz CT molecular complexity index is 1150. The molecule has 1 amide bonds. The summed E-state index contributed by atoms with van der Waals surface area (Å²) in [7, 11) is 0. The molecule has 1 aliphatic rings. The van der Waals surface area contributed by atoms with Gasteiger partial charge in [0, 0.05) is 35.9 Å². The summed E-state index contributed by atoms with van der Waals surface area (Å²) < 4.78 is 20.8. The molecule has 0 spiro atoms. The van der Waals surface area contributed by atoms with Crippen LogP contribution in [0.3, 0.4) is 0 Å². The van der Waals surface area contributed by atoms with Crippen LogP contribution in [0.25, 0.3) is 11.3 Å². The molecule has 0 bridgehead atoms. The van der Waals surface area contributed by atoms with Gasteiger partial charge in [0.25, 0.3) is 0 Å². The molecule has 7 heteroatoms. The Morgan fingerprint density at radius 1 is 1.17 bits per heavy atom. The largest absolute Gasteiger partial charge is 0.507 e. The predicted octanol–water partition coefficient (Wildman–Crippen LogP) is 7.09. The molecule has 6 nitrogen and oxygen atoms in total. The molecule has 0 saturated carbocycles. The molecule has 188 valence electrons. The summed E-state index contributed by atoms with van der Waals surface area (Å²) in [5, 5.41) is 17.2. The third-order valence-corrected chi connectivity index (χ3v) is 4.18. The van der Waals surface area contributed by atoms with Crippen LogP contribution in [0.5, 0.6) is 11.5 Å². The topological polar surface area (TPSA) is 76.4 Å². The predicted molar refractivity (Wildman–Crippen MR) is 141 cm³/mol. The van der Waals surface area contributed by atoms with Gasteiger partial charge in [0.05, 0.1) is 17.9 Å². The van der Waals surface area contributed by atoms with Crippen LogP contribution in [0.1, 0.15) is 52.8 Å². The van der Waals surface area contributed by atoms with Crippen molar-refractivity contribution in [1.82, 2.24) is 9.78 Å². The van der Waals surface area contributed by atoms with Gasteiger partial charge >= 0.3 is 0 Å². The van der Waals surface area contributed by atoms with Gasteiger partial charge in [-0.1, -0.05) is 31.6 Å². The molecule has 2 heterocycles. The van der Waals surface area contributed by atoms with Crippen molar-refractivity contribution >= 4 is 11.6 Å². The van der Waals surface area contributed by atoms with Gasteiger partial charge in [0.2, 0.25) is 5.91 Å². The van der Waals surface area contributed by atoms with E-state index in [9.17, 15) is 14.3 Å². The lowest BCUT2D eigenvalue weighted by Gasteiger charge is -2.09. The normalized spacial score (nSPS) is 10.6. The Kier molecular flexibility index (Phi) is 12.0. The van der Waals surface area contributed by atoms with E-state index in [2.05, 4.69) is 23.6 Å². The highest BCUT2D eigenvalue weighted by atomic mass is 19.1. The van der Waals surface area contributed by atoms with E-state index in [0.29, 0.717) is 35.8 Å². The number of nitrogens with one attached hydrogen (secondary N) is 1. The number of carbonyl (C=O) groups is 1. The highest BCUT2D eigenvalue weighted by Gasteiger charge is 2.19. The number of phenolic OH excluding ortho intramolecular Hbond substituents is 1. The first kappa shape index (κ1) is 29.2. The number of hydrogen-bond acceptors (Lipinski definition) is 4. The van der Waals surface area contributed by atoms with Crippen molar-refractivity contribution in [3.63, 3.8) is 0 Å². The average molecular weight is 482 g/mol. The molecule has 0 fully saturated rings. The number of aromatic nitrogens is 2. The number of rotatable bonds is 2. The molecule has 0 radical (unpaired) electrons. The van der Waals surface area contributed by atoms with Crippen molar-refractivity contribution in [2.75, 3.05) is 5.32 Å². The van der Waals surface area contributed by atoms with E-state index in [1.807, 2.05) is 52.8 Å². The minimum Gasteiger partial charge on any atom is -0.507 e. The van der Waals surface area contributed by atoms with Crippen LogP contribution in [0.2, 0.25) is 0 Å². The van der Waals surface area contributed by atoms with Gasteiger partial charge in [0.1, 0.15) is 23.9 Å². The second kappa shape index (κ2) is 14.4. The van der Waals surface area contributed by atoms with Gasteiger partial charge in [-0.15, -0.1) is 13.2 Å². The summed E-state index contributed by atoms with van der Waals surface area (Å²) in [5.74, 6) is -0.109. The van der Waals surface area contributed by atoms with Gasteiger partial charge in [-0.3, -0.25) is 9.48 Å². The Morgan fingerprint density at radius 3 is 2.37 bits per heavy atom. The maximum Gasteiger partial charge on any atom is 0.221 e. The summed E-state index contributed by atoms with van der Waals surface area (Å²) in [5.41, 5.74) is 4.62. The maximum absolute atomic E-state index is 13.2. The van der Waals surface area contributed by atoms with Gasteiger partial charge in [-0.2, -0.15) is 5.10 Å². The van der Waals surface area contributed by atoms with E-state index in [0.717, 1.165) is 17.3 Å². The standard InChI is InChI=1S/C19H16FN3O3.C4H8.C3H6.C2H6/c1-11(24)21-14-4-2-12-9-23-15(10-26-19(12)7-14)8-17(22-23)16-5-3-13(20)6-18(16)25;1-4(2)3;1-3-2;1-2/h2-8,25H,9-10H2,1H3,(H,21,24);1H2,2-3H3;3H,1H2,2H3;1-2H3. The molecule has 3 aromatic rings. The number of hydrogen-bond donors (Lipinski definition) is 2. The fourth-order valence-electron chi connectivity index (χ4n) is 2.98. The molecule has 1 aromatic heterocycles. The number of amides is 1. The van der Waals surface area contributed by atoms with Gasteiger partial charge < -0.3 is 15.2 Å². The quantitative estimate of drug-likeness (QED) is 0.383. The van der Waals surface area contributed by atoms with Crippen LogP contribution in [-0.2, 0) is 17.9 Å². The van der Waals surface area contributed by atoms with Gasteiger partial charge in [0.15, 0.2) is 0 Å². The molecule has 1 aliphatic heterocycles. The zero-order chi connectivity index (χ0) is 26.5. The first-order chi connectivity index (χ1) is 16.6. The molecule has 2 N–H and O–H groups in total. The Hall–Kier alpha value is -3.87. The molecule has 0 unspecified atom stereocenters. The molecule has 0 saturated heterocycles. The van der Waals surface area contributed by atoms with Crippen molar-refractivity contribution in [1.29, 1.82) is 0 Å². The second-order valence-corrected chi connectivity index (χ2v) is 7.75. The van der Waals surface area contributed by atoms with Crippen LogP contribution in [-0.4, -0.2) is 20.8 Å². The van der Waals surface area contributed by atoms with Crippen molar-refractivity contribution in [3.05, 3.63) is 84.3 Å². The van der Waals surface area contributed by atoms with Crippen LogP contribution in [0.15, 0.2) is 67.3 Å². The van der Waals surface area contributed by atoms with Crippen LogP contribution >= 0.6 is 0 Å². The number of fused-ring (bicyclic) bond motifs is 2. The third-order valence-electron chi connectivity index (χ3n) is 4.18. The Morgan fingerprint density at radius 2 is 1.80 bits per heavy atom. The van der Waals surface area contributed by atoms with E-state index >= 15 is 0 Å². The van der Waals surface area contributed by atoms with Crippen LogP contribution < -0.4 is 10.1 Å². The molecule has 0 atom stereocenters. The van der Waals surface area contributed by atoms with Gasteiger partial charge in [-0.25, -0.2) is 4.39 Å². The van der Waals surface area contributed by atoms with Crippen molar-refractivity contribution < 1.29 is 19.0 Å². The number of phenols is 1. The van der Waals surface area contributed by atoms with E-state index < -0.39 is 5.82 Å². The lowest BCUT2D eigenvalue weighted by molar-refractivity contribution is -0.114. The number of carbonyl (C=O) groups excluding carboxylic acids is 1. The highest BCUT2D eigenvalue weighted by molar-refractivity contribution is 5.88. The van der Waals surface area contributed by atoms with Crippen molar-refractivity contribution in [3.8, 4) is 22.8 Å². The fraction of sp³-hybridized carbons (Fsp3) is 0.286. The fourth-order valence-corrected chi connectivity index (χ4v) is 2.98. The SMILES string of the molecule is C=C(C)C.C=CC.CC.CC(=O)Nc1ccc2c(c1)OCc1cc(-c3ccc(F)cc3O)nn1C2. The van der Waals surface area contributed by atoms with E-state index in [1.54, 1.807) is 16.8 Å². The second-order valence-electron chi connectivity index (χ2n) is 7.75. The number of aromatic hydroxyl groups is 1. The molecular weight excluding hydrogens is 445 g/mol. The lowest BCUT2D eigenvalue weighted by atomic mass is 10.1. The summed E-state index contributed by atoms with van der Waals surface area (Å²) in [6.45, 7) is 19.0. The lowest BCUT2D eigenvalue weighted by Crippen LogP contribution is -2.06. The van der Waals surface area contributed by atoms with E-state index in [-0.39, 0.29) is 11.7 Å². The minimum atomic E-state index is -0.501. The number of halogens is 1. The van der Waals surface area contributed by atoms with Gasteiger partial charge in [-0.05, 0) is 45.0 Å². The first-order valence-electron chi connectivity index (χ1n) is 11.4. The monoisotopic (exact) mass is 481 g/mol. The van der Waals surface area contributed by atoms with E-state index in [4.69, 9.17) is 4.74 Å². The summed E-state index contributed by atoms with van der Waals surface area (Å²) in [6, 6.07) is 11.1. The number of benzene rings is 2. The smallest absolute Gasteiger partial charge is 0.221 e. The molecule has 0 aliphatic carbocycles. The van der Waals surface area contributed by atoms with Crippen LogP contribution in [0, 0.1) is 5.82 Å². The van der Waals surface area contributed by atoms with Crippen molar-refractivity contribution in [2.45, 2.75) is 54.7 Å². The summed E-state index contributed by atoms with van der Waals surface area (Å²) in [4.78, 5) is 11.2. The Labute approximate surface area is 207 Å². The first-order valence-corrected chi connectivity index (χ1v) is 11.4.